The molecule has 23 heavy (non-hydrogen) atoms. The monoisotopic (exact) mass is 353 g/mol. The van der Waals surface area contributed by atoms with Crippen LogP contribution in [0.25, 0.3) is 0 Å². The van der Waals surface area contributed by atoms with E-state index < -0.39 is 6.10 Å². The van der Waals surface area contributed by atoms with Crippen LogP contribution in [0, 0.1) is 0 Å². The molecular weight excluding hydrogens is 337 g/mol. The fourth-order valence-electron chi connectivity index (χ4n) is 2.03. The van der Waals surface area contributed by atoms with Crippen LogP contribution in [0.4, 0.5) is 0 Å². The lowest BCUT2D eigenvalue weighted by molar-refractivity contribution is -0.127. The van der Waals surface area contributed by atoms with E-state index in [0.29, 0.717) is 22.3 Å². The Morgan fingerprint density at radius 3 is 2.48 bits per heavy atom. The third-order valence-corrected chi connectivity index (χ3v) is 3.60. The molecule has 0 aliphatic rings. The summed E-state index contributed by atoms with van der Waals surface area (Å²) in [5.74, 6) is 0.928. The summed E-state index contributed by atoms with van der Waals surface area (Å²) in [6, 6.07) is 12.3. The van der Waals surface area contributed by atoms with Crippen molar-refractivity contribution in [2.24, 2.45) is 0 Å². The number of carbonyl (C=O) groups excluding carboxylic acids is 1. The van der Waals surface area contributed by atoms with Gasteiger partial charge in [0, 0.05) is 22.2 Å². The van der Waals surface area contributed by atoms with Gasteiger partial charge in [-0.2, -0.15) is 0 Å². The molecule has 2 rings (SSSR count). The maximum atomic E-state index is 12.1. The number of rotatable bonds is 6. The predicted octanol–water partition coefficient (Wildman–Crippen LogP) is 4.09. The van der Waals surface area contributed by atoms with Gasteiger partial charge in [-0.15, -0.1) is 0 Å². The third-order valence-electron chi connectivity index (χ3n) is 3.16. The molecule has 0 heterocycles. The number of halogens is 2. The Labute approximate surface area is 145 Å². The quantitative estimate of drug-likeness (QED) is 0.850. The molecule has 2 aromatic carbocycles. The first-order valence-corrected chi connectivity index (χ1v) is 7.77. The highest BCUT2D eigenvalue weighted by atomic mass is 35.5. The number of carbonyl (C=O) groups is 1. The van der Waals surface area contributed by atoms with Gasteiger partial charge in [-0.25, -0.2) is 0 Å². The Bertz CT molecular complexity index is 671. The molecule has 0 radical (unpaired) electrons. The van der Waals surface area contributed by atoms with Gasteiger partial charge >= 0.3 is 0 Å². The molecule has 122 valence electrons. The molecule has 0 aromatic heterocycles. The number of methoxy groups -OCH3 is 1. The zero-order valence-electron chi connectivity index (χ0n) is 12.8. The van der Waals surface area contributed by atoms with Crippen molar-refractivity contribution >= 4 is 29.1 Å². The van der Waals surface area contributed by atoms with E-state index in [1.807, 2.05) is 24.3 Å². The predicted molar refractivity (Wildman–Crippen MR) is 91.4 cm³/mol. The second-order valence-corrected chi connectivity index (χ2v) is 5.77. The zero-order valence-corrected chi connectivity index (χ0v) is 14.3. The van der Waals surface area contributed by atoms with Crippen molar-refractivity contribution in [3.63, 3.8) is 0 Å². The number of benzene rings is 2. The molecule has 0 aliphatic carbocycles. The largest absolute Gasteiger partial charge is 0.496 e. The fourth-order valence-corrected chi connectivity index (χ4v) is 2.54. The van der Waals surface area contributed by atoms with Crippen LogP contribution in [0.1, 0.15) is 12.5 Å². The van der Waals surface area contributed by atoms with E-state index in [9.17, 15) is 4.79 Å². The van der Waals surface area contributed by atoms with Gasteiger partial charge in [0.2, 0.25) is 0 Å². The molecule has 1 unspecified atom stereocenters. The molecule has 1 atom stereocenters. The molecule has 6 heteroatoms. The van der Waals surface area contributed by atoms with Crippen molar-refractivity contribution in [3.05, 3.63) is 58.1 Å². The average molecular weight is 354 g/mol. The number of amides is 1. The van der Waals surface area contributed by atoms with Crippen LogP contribution in [0.15, 0.2) is 42.5 Å². The summed E-state index contributed by atoms with van der Waals surface area (Å²) in [7, 11) is 1.59. The van der Waals surface area contributed by atoms with Crippen molar-refractivity contribution in [1.29, 1.82) is 0 Å². The number of nitrogens with one attached hydrogen (secondary N) is 1. The minimum Gasteiger partial charge on any atom is -0.496 e. The summed E-state index contributed by atoms with van der Waals surface area (Å²) >= 11 is 11.8. The molecule has 4 nitrogen and oxygen atoms in total. The Morgan fingerprint density at radius 2 is 1.83 bits per heavy atom. The van der Waals surface area contributed by atoms with Crippen LogP contribution in [0.2, 0.25) is 10.0 Å². The molecule has 0 saturated heterocycles. The highest BCUT2D eigenvalue weighted by Crippen LogP contribution is 2.25. The van der Waals surface area contributed by atoms with Crippen LogP contribution in [-0.2, 0) is 11.3 Å². The Balaban J connectivity index is 1.94. The molecule has 0 bridgehead atoms. The lowest BCUT2D eigenvalue weighted by Crippen LogP contribution is -2.36. The van der Waals surface area contributed by atoms with Gasteiger partial charge in [0.05, 0.1) is 7.11 Å². The van der Waals surface area contributed by atoms with Gasteiger partial charge in [0.15, 0.2) is 6.10 Å². The number of hydrogen-bond acceptors (Lipinski definition) is 3. The average Bonchev–Trinajstić information content (AvgIpc) is 2.51. The van der Waals surface area contributed by atoms with E-state index in [4.69, 9.17) is 32.7 Å². The normalized spacial score (nSPS) is 11.7. The van der Waals surface area contributed by atoms with Crippen LogP contribution in [-0.4, -0.2) is 19.1 Å². The topological polar surface area (TPSA) is 47.6 Å². The van der Waals surface area contributed by atoms with E-state index >= 15 is 0 Å². The number of hydrogen-bond donors (Lipinski definition) is 1. The first-order valence-electron chi connectivity index (χ1n) is 7.02. The van der Waals surface area contributed by atoms with E-state index in [1.54, 1.807) is 32.2 Å². The fraction of sp³-hybridized carbons (Fsp3) is 0.235. The maximum Gasteiger partial charge on any atom is 0.261 e. The molecule has 0 aliphatic heterocycles. The maximum absolute atomic E-state index is 12.1. The molecule has 2 aromatic rings. The van der Waals surface area contributed by atoms with Gasteiger partial charge < -0.3 is 14.8 Å². The molecule has 1 N–H and O–H groups in total. The summed E-state index contributed by atoms with van der Waals surface area (Å²) in [5, 5.41) is 3.72. The van der Waals surface area contributed by atoms with Crippen LogP contribution in [0.5, 0.6) is 11.5 Å². The van der Waals surface area contributed by atoms with Crippen molar-refractivity contribution < 1.29 is 14.3 Å². The molecule has 1 amide bonds. The van der Waals surface area contributed by atoms with E-state index in [1.165, 1.54) is 0 Å². The summed E-state index contributed by atoms with van der Waals surface area (Å²) < 4.78 is 10.8. The number of para-hydroxylation sites is 1. The van der Waals surface area contributed by atoms with Gasteiger partial charge in [-0.05, 0) is 31.2 Å². The second-order valence-electron chi connectivity index (χ2n) is 4.89. The minimum atomic E-state index is -0.681. The minimum absolute atomic E-state index is 0.244. The first kappa shape index (κ1) is 17.4. The van der Waals surface area contributed by atoms with Crippen molar-refractivity contribution in [2.45, 2.75) is 19.6 Å². The van der Waals surface area contributed by atoms with E-state index in [0.717, 1.165) is 11.3 Å². The molecule has 0 fully saturated rings. The van der Waals surface area contributed by atoms with Gasteiger partial charge in [-0.1, -0.05) is 41.4 Å². The van der Waals surface area contributed by atoms with Gasteiger partial charge in [0.25, 0.3) is 5.91 Å². The third kappa shape index (κ3) is 5.05. The first-order chi connectivity index (χ1) is 11.0. The lowest BCUT2D eigenvalue weighted by atomic mass is 10.2. The van der Waals surface area contributed by atoms with Crippen LogP contribution < -0.4 is 14.8 Å². The number of ether oxygens (including phenoxy) is 2. The Morgan fingerprint density at radius 1 is 1.17 bits per heavy atom. The lowest BCUT2D eigenvalue weighted by Gasteiger charge is -2.16. The molecule has 0 saturated carbocycles. The van der Waals surface area contributed by atoms with Crippen molar-refractivity contribution in [3.8, 4) is 11.5 Å². The zero-order chi connectivity index (χ0) is 16.8. The van der Waals surface area contributed by atoms with Crippen LogP contribution >= 0.6 is 23.2 Å². The van der Waals surface area contributed by atoms with Crippen molar-refractivity contribution in [1.82, 2.24) is 5.32 Å². The van der Waals surface area contributed by atoms with Crippen LogP contribution in [0.3, 0.4) is 0 Å². The highest BCUT2D eigenvalue weighted by molar-refractivity contribution is 6.34. The van der Waals surface area contributed by atoms with Crippen molar-refractivity contribution in [2.75, 3.05) is 7.11 Å². The summed E-state index contributed by atoms with van der Waals surface area (Å²) in [6.07, 6.45) is -0.681. The van der Waals surface area contributed by atoms with Gasteiger partial charge in [-0.3, -0.25) is 4.79 Å². The summed E-state index contributed by atoms with van der Waals surface area (Å²) in [6.45, 7) is 2.01. The second kappa shape index (κ2) is 8.09. The Hall–Kier alpha value is -1.91. The SMILES string of the molecule is COc1ccccc1CNC(=O)C(C)Oc1cc(Cl)cc(Cl)c1. The smallest absolute Gasteiger partial charge is 0.261 e. The van der Waals surface area contributed by atoms with E-state index in [-0.39, 0.29) is 5.91 Å². The van der Waals surface area contributed by atoms with E-state index in [2.05, 4.69) is 5.32 Å². The summed E-state index contributed by atoms with van der Waals surface area (Å²) in [5.41, 5.74) is 0.890. The highest BCUT2D eigenvalue weighted by Gasteiger charge is 2.15. The molecular formula is C17H17Cl2NO3. The Kier molecular flexibility index (Phi) is 6.13. The molecule has 0 spiro atoms. The summed E-state index contributed by atoms with van der Waals surface area (Å²) in [4.78, 5) is 12.1. The van der Waals surface area contributed by atoms with Gasteiger partial charge in [0.1, 0.15) is 11.5 Å². The standard InChI is InChI=1S/C17H17Cl2NO3/c1-11(23-15-8-13(18)7-14(19)9-15)17(21)20-10-12-5-3-4-6-16(12)22-2/h3-9,11H,10H2,1-2H3,(H,20,21).